The van der Waals surface area contributed by atoms with Gasteiger partial charge in [-0.05, 0) is 39.5 Å². The SMILES string of the molecule is CC1=C(C)C2CC(=O)c3c(O)c4c(c(O)c3[C@@]2(C)CC1)OC(C)C4. The van der Waals surface area contributed by atoms with Gasteiger partial charge in [-0.3, -0.25) is 4.79 Å². The van der Waals surface area contributed by atoms with Crippen LogP contribution in [-0.4, -0.2) is 22.1 Å². The molecular weight excluding hydrogens is 304 g/mol. The van der Waals surface area contributed by atoms with E-state index in [0.717, 1.165) is 12.8 Å². The third-order valence-electron chi connectivity index (χ3n) is 6.53. The number of aromatic hydroxyl groups is 2. The summed E-state index contributed by atoms with van der Waals surface area (Å²) in [6.45, 7) is 8.24. The van der Waals surface area contributed by atoms with Gasteiger partial charge in [-0.25, -0.2) is 0 Å². The molecule has 2 aliphatic carbocycles. The molecule has 0 saturated carbocycles. The summed E-state index contributed by atoms with van der Waals surface area (Å²) in [5.74, 6) is 0.466. The van der Waals surface area contributed by atoms with Crippen molar-refractivity contribution in [3.63, 3.8) is 0 Å². The second-order valence-electron chi connectivity index (χ2n) is 7.95. The molecule has 1 aromatic rings. The first kappa shape index (κ1) is 15.6. The Balaban J connectivity index is 2.03. The molecule has 0 spiro atoms. The van der Waals surface area contributed by atoms with E-state index in [0.29, 0.717) is 35.3 Å². The van der Waals surface area contributed by atoms with Crippen molar-refractivity contribution in [3.05, 3.63) is 27.8 Å². The summed E-state index contributed by atoms with van der Waals surface area (Å²) < 4.78 is 5.76. The molecule has 0 aromatic heterocycles. The van der Waals surface area contributed by atoms with Crippen molar-refractivity contribution in [2.24, 2.45) is 5.92 Å². The van der Waals surface area contributed by atoms with Gasteiger partial charge in [0.25, 0.3) is 0 Å². The summed E-state index contributed by atoms with van der Waals surface area (Å²) >= 11 is 0. The molecule has 2 unspecified atom stereocenters. The quantitative estimate of drug-likeness (QED) is 0.558. The molecule has 2 N–H and O–H groups in total. The van der Waals surface area contributed by atoms with Crippen molar-refractivity contribution in [2.45, 2.75) is 64.9 Å². The summed E-state index contributed by atoms with van der Waals surface area (Å²) in [5, 5.41) is 21.7. The monoisotopic (exact) mass is 328 g/mol. The van der Waals surface area contributed by atoms with Gasteiger partial charge in [0.05, 0.1) is 5.56 Å². The number of phenols is 2. The number of Topliss-reactive ketones (excluding diaryl/α,β-unsaturated/α-hetero) is 1. The first-order valence-electron chi connectivity index (χ1n) is 8.73. The molecule has 3 atom stereocenters. The lowest BCUT2D eigenvalue weighted by Gasteiger charge is -2.47. The number of carbonyl (C=O) groups excluding carboxylic acids is 1. The predicted octanol–water partition coefficient (Wildman–Crippen LogP) is 4.01. The number of rotatable bonds is 0. The van der Waals surface area contributed by atoms with E-state index >= 15 is 0 Å². The van der Waals surface area contributed by atoms with Crippen LogP contribution in [0.2, 0.25) is 0 Å². The fraction of sp³-hybridized carbons (Fsp3) is 0.550. The molecule has 3 aliphatic rings. The number of hydrogen-bond acceptors (Lipinski definition) is 4. The van der Waals surface area contributed by atoms with E-state index < -0.39 is 0 Å². The smallest absolute Gasteiger partial charge is 0.168 e. The largest absolute Gasteiger partial charge is 0.507 e. The Morgan fingerprint density at radius 3 is 2.58 bits per heavy atom. The fourth-order valence-corrected chi connectivity index (χ4v) is 4.98. The lowest BCUT2D eigenvalue weighted by molar-refractivity contribution is 0.0904. The average molecular weight is 328 g/mol. The molecule has 24 heavy (non-hydrogen) atoms. The van der Waals surface area contributed by atoms with E-state index in [2.05, 4.69) is 20.8 Å². The molecule has 4 heteroatoms. The maximum atomic E-state index is 12.9. The molecule has 0 bridgehead atoms. The van der Waals surface area contributed by atoms with Gasteiger partial charge < -0.3 is 14.9 Å². The summed E-state index contributed by atoms with van der Waals surface area (Å²) in [4.78, 5) is 12.9. The van der Waals surface area contributed by atoms with Gasteiger partial charge >= 0.3 is 0 Å². The van der Waals surface area contributed by atoms with E-state index in [1.807, 2.05) is 6.92 Å². The van der Waals surface area contributed by atoms with Crippen LogP contribution in [0.5, 0.6) is 17.2 Å². The first-order valence-corrected chi connectivity index (χ1v) is 8.73. The van der Waals surface area contributed by atoms with Crippen LogP contribution in [0, 0.1) is 5.92 Å². The van der Waals surface area contributed by atoms with Crippen molar-refractivity contribution in [1.29, 1.82) is 0 Å². The van der Waals surface area contributed by atoms with Crippen LogP contribution in [0.1, 0.15) is 68.4 Å². The number of fused-ring (bicyclic) bond motifs is 4. The van der Waals surface area contributed by atoms with E-state index in [4.69, 9.17) is 4.74 Å². The number of carbonyl (C=O) groups is 1. The van der Waals surface area contributed by atoms with Crippen LogP contribution in [-0.2, 0) is 11.8 Å². The van der Waals surface area contributed by atoms with Gasteiger partial charge in [-0.1, -0.05) is 18.1 Å². The van der Waals surface area contributed by atoms with Crippen molar-refractivity contribution in [3.8, 4) is 17.2 Å². The van der Waals surface area contributed by atoms with Crippen LogP contribution in [0.4, 0.5) is 0 Å². The zero-order chi connectivity index (χ0) is 17.4. The molecule has 0 radical (unpaired) electrons. The number of hydrogen-bond donors (Lipinski definition) is 2. The Morgan fingerprint density at radius 1 is 1.17 bits per heavy atom. The van der Waals surface area contributed by atoms with Crippen molar-refractivity contribution >= 4 is 5.78 Å². The van der Waals surface area contributed by atoms with Crippen molar-refractivity contribution < 1.29 is 19.7 Å². The van der Waals surface area contributed by atoms with Gasteiger partial charge in [0.15, 0.2) is 17.3 Å². The maximum Gasteiger partial charge on any atom is 0.168 e. The fourth-order valence-electron chi connectivity index (χ4n) is 4.98. The highest BCUT2D eigenvalue weighted by Gasteiger charge is 2.50. The number of phenolic OH excluding ortho intramolecular Hbond substituents is 2. The second-order valence-corrected chi connectivity index (χ2v) is 7.95. The number of ether oxygens (including phenoxy) is 1. The third-order valence-corrected chi connectivity index (χ3v) is 6.53. The maximum absolute atomic E-state index is 12.9. The van der Waals surface area contributed by atoms with Crippen molar-refractivity contribution in [2.75, 3.05) is 0 Å². The summed E-state index contributed by atoms with van der Waals surface area (Å²) in [6.07, 6.45) is 2.63. The van der Waals surface area contributed by atoms with E-state index in [-0.39, 0.29) is 34.7 Å². The molecule has 128 valence electrons. The molecule has 0 amide bonds. The van der Waals surface area contributed by atoms with Gasteiger partial charge in [0, 0.05) is 29.4 Å². The van der Waals surface area contributed by atoms with Gasteiger partial charge in [0.2, 0.25) is 0 Å². The van der Waals surface area contributed by atoms with Crippen LogP contribution < -0.4 is 4.74 Å². The Kier molecular flexibility index (Phi) is 3.09. The molecule has 0 saturated heterocycles. The normalized spacial score (nSPS) is 31.4. The van der Waals surface area contributed by atoms with Gasteiger partial charge in [0.1, 0.15) is 11.9 Å². The second kappa shape index (κ2) is 4.78. The highest BCUT2D eigenvalue weighted by Crippen LogP contribution is 2.59. The topological polar surface area (TPSA) is 66.8 Å². The average Bonchev–Trinajstić information content (AvgIpc) is 2.92. The summed E-state index contributed by atoms with van der Waals surface area (Å²) in [6, 6.07) is 0. The minimum atomic E-state index is -0.349. The van der Waals surface area contributed by atoms with Crippen LogP contribution >= 0.6 is 0 Å². The minimum absolute atomic E-state index is 0.0238. The molecule has 1 heterocycles. The lowest BCUT2D eigenvalue weighted by atomic mass is 9.56. The predicted molar refractivity (Wildman–Crippen MR) is 91.0 cm³/mol. The third kappa shape index (κ3) is 1.77. The Hall–Kier alpha value is -1.97. The van der Waals surface area contributed by atoms with E-state index in [1.165, 1.54) is 11.1 Å². The molecule has 4 rings (SSSR count). The molecular formula is C20H24O4. The number of benzene rings is 1. The van der Waals surface area contributed by atoms with Crippen LogP contribution in [0.3, 0.4) is 0 Å². The molecule has 1 aromatic carbocycles. The molecule has 1 aliphatic heterocycles. The molecule has 4 nitrogen and oxygen atoms in total. The first-order chi connectivity index (χ1) is 11.3. The Bertz CT molecular complexity index is 805. The van der Waals surface area contributed by atoms with Crippen LogP contribution in [0.15, 0.2) is 11.1 Å². The number of ketones is 1. The van der Waals surface area contributed by atoms with E-state index in [1.54, 1.807) is 0 Å². The zero-order valence-electron chi connectivity index (χ0n) is 14.7. The van der Waals surface area contributed by atoms with Crippen LogP contribution in [0.25, 0.3) is 0 Å². The van der Waals surface area contributed by atoms with Gasteiger partial charge in [-0.15, -0.1) is 0 Å². The molecule has 0 fully saturated rings. The number of allylic oxidation sites excluding steroid dienone is 2. The van der Waals surface area contributed by atoms with Gasteiger partial charge in [-0.2, -0.15) is 0 Å². The Morgan fingerprint density at radius 2 is 1.88 bits per heavy atom. The highest BCUT2D eigenvalue weighted by atomic mass is 16.5. The Labute approximate surface area is 142 Å². The minimum Gasteiger partial charge on any atom is -0.507 e. The summed E-state index contributed by atoms with van der Waals surface area (Å²) in [5.41, 5.74) is 3.74. The highest BCUT2D eigenvalue weighted by molar-refractivity contribution is 6.04. The summed E-state index contributed by atoms with van der Waals surface area (Å²) in [7, 11) is 0. The van der Waals surface area contributed by atoms with E-state index in [9.17, 15) is 15.0 Å². The zero-order valence-corrected chi connectivity index (χ0v) is 14.7. The lowest BCUT2D eigenvalue weighted by Crippen LogP contribution is -2.42. The standard InChI is InChI=1S/C20H24O4/c1-9-5-6-20(4)13(11(9)3)8-14(21)15-16(20)18(23)19-12(17(15)22)7-10(2)24-19/h10,13,22-23H,5-8H2,1-4H3/t10?,13?,20-/m0/s1. The van der Waals surface area contributed by atoms with Crippen molar-refractivity contribution in [1.82, 2.24) is 0 Å².